The van der Waals surface area contributed by atoms with Crippen molar-refractivity contribution in [2.45, 2.75) is 6.42 Å². The average molecular weight is 444 g/mol. The van der Waals surface area contributed by atoms with Crippen molar-refractivity contribution in [1.29, 1.82) is 0 Å². The lowest BCUT2D eigenvalue weighted by Crippen LogP contribution is -2.51. The van der Waals surface area contributed by atoms with E-state index in [9.17, 15) is 23.6 Å². The number of nitrogens with zero attached hydrogens (tertiary/aromatic N) is 3. The topological polar surface area (TPSA) is 78.0 Å². The molecule has 2 aromatic rings. The van der Waals surface area contributed by atoms with Gasteiger partial charge in [0.15, 0.2) is 0 Å². The van der Waals surface area contributed by atoms with E-state index in [-0.39, 0.29) is 55.6 Å². The number of piperazine rings is 1. The third kappa shape index (κ3) is 3.90. The maximum Gasteiger partial charge on any atom is 0.261 e. The quantitative estimate of drug-likeness (QED) is 0.680. The van der Waals surface area contributed by atoms with Crippen LogP contribution in [0.5, 0.6) is 0 Å². The summed E-state index contributed by atoms with van der Waals surface area (Å²) in [6.07, 6.45) is -0.00143. The molecule has 1 saturated heterocycles. The van der Waals surface area contributed by atoms with E-state index in [4.69, 9.17) is 11.6 Å². The van der Waals surface area contributed by atoms with Gasteiger partial charge in [-0.3, -0.25) is 24.1 Å². The van der Waals surface area contributed by atoms with Gasteiger partial charge in [-0.15, -0.1) is 0 Å². The molecule has 4 amide bonds. The Morgan fingerprint density at radius 2 is 1.45 bits per heavy atom. The average Bonchev–Trinajstić information content (AvgIpc) is 3.02. The van der Waals surface area contributed by atoms with Crippen LogP contribution in [0, 0.1) is 5.82 Å². The summed E-state index contributed by atoms with van der Waals surface area (Å²) in [5, 5.41) is 0.0458. The van der Waals surface area contributed by atoms with E-state index in [1.807, 2.05) is 0 Å². The zero-order chi connectivity index (χ0) is 22.1. The molecule has 9 heteroatoms. The molecule has 160 valence electrons. The molecule has 4 rings (SSSR count). The van der Waals surface area contributed by atoms with E-state index >= 15 is 0 Å². The van der Waals surface area contributed by atoms with Crippen molar-refractivity contribution in [2.24, 2.45) is 0 Å². The van der Waals surface area contributed by atoms with Gasteiger partial charge in [-0.05, 0) is 24.3 Å². The summed E-state index contributed by atoms with van der Waals surface area (Å²) in [7, 11) is 0. The van der Waals surface area contributed by atoms with Gasteiger partial charge in [-0.25, -0.2) is 4.39 Å². The van der Waals surface area contributed by atoms with Crippen LogP contribution in [0.4, 0.5) is 4.39 Å². The van der Waals surface area contributed by atoms with Gasteiger partial charge in [-0.1, -0.05) is 29.8 Å². The summed E-state index contributed by atoms with van der Waals surface area (Å²) in [5.74, 6) is -2.21. The molecule has 31 heavy (non-hydrogen) atoms. The lowest BCUT2D eigenvalue weighted by atomic mass is 10.1. The van der Waals surface area contributed by atoms with Crippen LogP contribution in [0.15, 0.2) is 42.5 Å². The lowest BCUT2D eigenvalue weighted by Gasteiger charge is -2.35. The fraction of sp³-hybridized carbons (Fsp3) is 0.273. The summed E-state index contributed by atoms with van der Waals surface area (Å²) in [4.78, 5) is 54.1. The maximum absolute atomic E-state index is 14.0. The molecule has 0 aliphatic carbocycles. The first-order valence-electron chi connectivity index (χ1n) is 9.84. The van der Waals surface area contributed by atoms with Gasteiger partial charge in [-0.2, -0.15) is 0 Å². The van der Waals surface area contributed by atoms with E-state index in [1.165, 1.54) is 23.1 Å². The molecule has 0 spiro atoms. The molecule has 0 aromatic heterocycles. The Kier molecular flexibility index (Phi) is 5.73. The Morgan fingerprint density at radius 3 is 2.03 bits per heavy atom. The Morgan fingerprint density at radius 1 is 0.871 bits per heavy atom. The van der Waals surface area contributed by atoms with Gasteiger partial charge in [0.25, 0.3) is 17.7 Å². The van der Waals surface area contributed by atoms with Crippen molar-refractivity contribution < 1.29 is 23.6 Å². The molecule has 0 unspecified atom stereocenters. The predicted octanol–water partition coefficient (Wildman–Crippen LogP) is 2.45. The first-order chi connectivity index (χ1) is 14.9. The Hall–Kier alpha value is -3.26. The zero-order valence-electron chi connectivity index (χ0n) is 16.5. The molecule has 2 aromatic carbocycles. The van der Waals surface area contributed by atoms with Crippen LogP contribution < -0.4 is 0 Å². The van der Waals surface area contributed by atoms with Gasteiger partial charge in [0.05, 0.1) is 21.7 Å². The maximum atomic E-state index is 14.0. The zero-order valence-corrected chi connectivity index (χ0v) is 17.3. The third-order valence-electron chi connectivity index (χ3n) is 5.52. The van der Waals surface area contributed by atoms with Crippen LogP contribution in [-0.2, 0) is 4.79 Å². The third-order valence-corrected chi connectivity index (χ3v) is 5.84. The Balaban J connectivity index is 1.32. The number of hydrogen-bond donors (Lipinski definition) is 0. The van der Waals surface area contributed by atoms with Crippen molar-refractivity contribution in [1.82, 2.24) is 14.7 Å². The first-order valence-corrected chi connectivity index (χ1v) is 10.2. The van der Waals surface area contributed by atoms with Crippen molar-refractivity contribution in [3.05, 3.63) is 70.0 Å². The van der Waals surface area contributed by atoms with Crippen LogP contribution in [0.2, 0.25) is 5.02 Å². The highest BCUT2D eigenvalue weighted by Crippen LogP contribution is 2.23. The van der Waals surface area contributed by atoms with E-state index < -0.39 is 23.5 Å². The van der Waals surface area contributed by atoms with Crippen LogP contribution >= 0.6 is 11.6 Å². The SMILES string of the molecule is O=C(CCN1C(=O)c2ccccc2C1=O)N1CCN(C(=O)c2c(F)cccc2Cl)CC1. The van der Waals surface area contributed by atoms with Crippen LogP contribution in [0.3, 0.4) is 0 Å². The Bertz CT molecular complexity index is 1030. The molecule has 0 radical (unpaired) electrons. The van der Waals surface area contributed by atoms with E-state index in [2.05, 4.69) is 0 Å². The molecule has 2 heterocycles. The molecule has 7 nitrogen and oxygen atoms in total. The van der Waals surface area contributed by atoms with Crippen molar-refractivity contribution in [2.75, 3.05) is 32.7 Å². The van der Waals surface area contributed by atoms with Gasteiger partial charge in [0.1, 0.15) is 5.82 Å². The minimum Gasteiger partial charge on any atom is -0.339 e. The molecular formula is C22H19ClFN3O4. The number of carbonyl (C=O) groups is 4. The van der Waals surface area contributed by atoms with Crippen LogP contribution in [0.25, 0.3) is 0 Å². The number of benzene rings is 2. The highest BCUT2D eigenvalue weighted by molar-refractivity contribution is 6.33. The lowest BCUT2D eigenvalue weighted by molar-refractivity contribution is -0.132. The monoisotopic (exact) mass is 443 g/mol. The molecular weight excluding hydrogens is 425 g/mol. The van der Waals surface area contributed by atoms with Gasteiger partial charge in [0, 0.05) is 39.1 Å². The predicted molar refractivity (Wildman–Crippen MR) is 110 cm³/mol. The van der Waals surface area contributed by atoms with Crippen molar-refractivity contribution in [3.63, 3.8) is 0 Å². The van der Waals surface area contributed by atoms with Crippen molar-refractivity contribution >= 4 is 35.2 Å². The van der Waals surface area contributed by atoms with Crippen LogP contribution in [0.1, 0.15) is 37.5 Å². The van der Waals surface area contributed by atoms with Crippen LogP contribution in [-0.4, -0.2) is 71.1 Å². The molecule has 0 N–H and O–H groups in total. The number of imide groups is 1. The number of rotatable bonds is 4. The largest absolute Gasteiger partial charge is 0.339 e. The smallest absolute Gasteiger partial charge is 0.261 e. The summed E-state index contributed by atoms with van der Waals surface area (Å²) in [5.41, 5.74) is 0.521. The number of amides is 4. The number of hydrogen-bond acceptors (Lipinski definition) is 4. The summed E-state index contributed by atoms with van der Waals surface area (Å²) in [6.45, 7) is 1.02. The second-order valence-corrected chi connectivity index (χ2v) is 7.73. The van der Waals surface area contributed by atoms with Crippen molar-refractivity contribution in [3.8, 4) is 0 Å². The van der Waals surface area contributed by atoms with E-state index in [0.717, 1.165) is 4.90 Å². The standard InChI is InChI=1S/C22H19ClFN3O4/c23-16-6-3-7-17(24)19(16)22(31)26-12-10-25(11-13-26)18(28)8-9-27-20(29)14-4-1-2-5-15(14)21(27)30/h1-7H,8-13H2. The van der Waals surface area contributed by atoms with Gasteiger partial charge < -0.3 is 9.80 Å². The molecule has 0 bridgehead atoms. The normalized spacial score (nSPS) is 16.0. The molecule has 2 aliphatic heterocycles. The molecule has 1 fully saturated rings. The molecule has 2 aliphatic rings. The summed E-state index contributed by atoms with van der Waals surface area (Å²) >= 11 is 5.97. The van der Waals surface area contributed by atoms with E-state index in [0.29, 0.717) is 11.1 Å². The minimum atomic E-state index is -0.683. The Labute approximate surface area is 183 Å². The number of fused-ring (bicyclic) bond motifs is 1. The molecule has 0 saturated carbocycles. The fourth-order valence-electron chi connectivity index (χ4n) is 3.83. The highest BCUT2D eigenvalue weighted by Gasteiger charge is 2.35. The number of carbonyl (C=O) groups excluding carboxylic acids is 4. The minimum absolute atomic E-state index is 0.00143. The fourth-order valence-corrected chi connectivity index (χ4v) is 4.07. The summed E-state index contributed by atoms with van der Waals surface area (Å²) < 4.78 is 14.0. The summed E-state index contributed by atoms with van der Waals surface area (Å²) in [6, 6.07) is 10.6. The van der Waals surface area contributed by atoms with Gasteiger partial charge in [0.2, 0.25) is 5.91 Å². The highest BCUT2D eigenvalue weighted by atomic mass is 35.5. The van der Waals surface area contributed by atoms with E-state index in [1.54, 1.807) is 29.2 Å². The second kappa shape index (κ2) is 8.47. The molecule has 0 atom stereocenters. The first kappa shape index (κ1) is 21.0. The number of halogens is 2. The van der Waals surface area contributed by atoms with Gasteiger partial charge >= 0.3 is 0 Å². The second-order valence-electron chi connectivity index (χ2n) is 7.33.